The smallest absolute Gasteiger partial charge is 0.196 e. The first-order valence-electron chi connectivity index (χ1n) is 15.0. The third-order valence-electron chi connectivity index (χ3n) is 7.92. The van der Waals surface area contributed by atoms with E-state index in [4.69, 9.17) is 14.5 Å². The Labute approximate surface area is 280 Å². The summed E-state index contributed by atoms with van der Waals surface area (Å²) < 4.78 is 52.1. The number of ether oxygens (including phenoxy) is 2. The molecule has 0 saturated carbocycles. The number of rotatable bonds is 13. The number of anilines is 2. The van der Waals surface area contributed by atoms with Crippen molar-refractivity contribution in [3.05, 3.63) is 119 Å². The number of nitrogens with zero attached hydrogens (tertiary/aromatic N) is 4. The van der Waals surface area contributed by atoms with Gasteiger partial charge in [-0.2, -0.15) is 0 Å². The van der Waals surface area contributed by atoms with Crippen LogP contribution in [0.3, 0.4) is 0 Å². The predicted octanol–water partition coefficient (Wildman–Crippen LogP) is 6.62. The molecule has 10 nitrogen and oxygen atoms in total. The molecule has 13 heteroatoms. The van der Waals surface area contributed by atoms with Crippen LogP contribution < -0.4 is 15.4 Å². The Bertz CT molecular complexity index is 2010. The molecule has 47 heavy (non-hydrogen) atoms. The molecule has 6 rings (SSSR count). The van der Waals surface area contributed by atoms with Gasteiger partial charge in [0, 0.05) is 30.2 Å². The van der Waals surface area contributed by atoms with Crippen molar-refractivity contribution in [1.29, 1.82) is 0 Å². The molecule has 0 amide bonds. The Morgan fingerprint density at radius 3 is 2.70 bits per heavy atom. The van der Waals surface area contributed by atoms with Crippen molar-refractivity contribution in [3.8, 4) is 5.75 Å². The van der Waals surface area contributed by atoms with Gasteiger partial charge in [0.1, 0.15) is 30.3 Å². The summed E-state index contributed by atoms with van der Waals surface area (Å²) in [6.45, 7) is 2.46. The van der Waals surface area contributed by atoms with E-state index in [9.17, 15) is 12.8 Å². The van der Waals surface area contributed by atoms with E-state index in [2.05, 4.69) is 41.5 Å². The first-order valence-corrected chi connectivity index (χ1v) is 17.5. The van der Waals surface area contributed by atoms with Gasteiger partial charge in [-0.05, 0) is 82.5 Å². The van der Waals surface area contributed by atoms with Crippen LogP contribution in [0.5, 0.6) is 5.75 Å². The van der Waals surface area contributed by atoms with Gasteiger partial charge in [0.2, 0.25) is 0 Å². The summed E-state index contributed by atoms with van der Waals surface area (Å²) in [5, 5.41) is 7.59. The van der Waals surface area contributed by atoms with Crippen LogP contribution in [0.1, 0.15) is 31.0 Å². The van der Waals surface area contributed by atoms with Crippen LogP contribution in [0.15, 0.2) is 107 Å². The molecule has 0 aliphatic carbocycles. The van der Waals surface area contributed by atoms with E-state index in [1.54, 1.807) is 36.7 Å². The number of hydrogen-bond donors (Lipinski definition) is 2. The highest BCUT2D eigenvalue weighted by molar-refractivity contribution is 9.10. The minimum atomic E-state index is -3.56. The molecule has 1 aliphatic heterocycles. The highest BCUT2D eigenvalue weighted by Crippen LogP contribution is 2.40. The van der Waals surface area contributed by atoms with Gasteiger partial charge in [0.05, 0.1) is 39.9 Å². The first kappa shape index (κ1) is 32.5. The lowest BCUT2D eigenvalue weighted by atomic mass is 9.85. The molecule has 0 fully saturated rings. The number of fused-ring (bicyclic) bond motifs is 1. The van der Waals surface area contributed by atoms with Crippen LogP contribution in [0.4, 0.5) is 15.9 Å². The van der Waals surface area contributed by atoms with E-state index in [0.717, 1.165) is 16.6 Å². The Morgan fingerprint density at radius 2 is 1.96 bits per heavy atom. The highest BCUT2D eigenvalue weighted by atomic mass is 79.9. The van der Waals surface area contributed by atoms with Crippen molar-refractivity contribution in [1.82, 2.24) is 25.3 Å². The van der Waals surface area contributed by atoms with Crippen molar-refractivity contribution < 1.29 is 22.3 Å². The average molecular weight is 720 g/mol. The second-order valence-corrected chi connectivity index (χ2v) is 13.9. The number of nitrogens with one attached hydrogen (secondary N) is 2. The maximum Gasteiger partial charge on any atom is 0.196 e. The normalized spacial score (nSPS) is 16.6. The van der Waals surface area contributed by atoms with E-state index in [1.165, 1.54) is 30.7 Å². The van der Waals surface area contributed by atoms with E-state index in [-0.39, 0.29) is 35.8 Å². The number of sulfone groups is 1. The number of halogens is 2. The quantitative estimate of drug-likeness (QED) is 0.137. The number of aromatic nitrogens is 4. The highest BCUT2D eigenvalue weighted by Gasteiger charge is 2.44. The first-order chi connectivity index (χ1) is 22.8. The molecule has 242 valence electrons. The van der Waals surface area contributed by atoms with E-state index in [1.807, 2.05) is 37.3 Å². The summed E-state index contributed by atoms with van der Waals surface area (Å²) in [6.07, 6.45) is 9.44. The van der Waals surface area contributed by atoms with Crippen LogP contribution in [0, 0.1) is 5.82 Å². The molecule has 3 aromatic heterocycles. The predicted molar refractivity (Wildman–Crippen MR) is 180 cm³/mol. The van der Waals surface area contributed by atoms with Crippen LogP contribution in [0.2, 0.25) is 0 Å². The third-order valence-corrected chi connectivity index (χ3v) is 10.2. The molecule has 0 bridgehead atoms. The third kappa shape index (κ3) is 7.27. The Balaban J connectivity index is 1.21. The van der Waals surface area contributed by atoms with Crippen molar-refractivity contribution >= 4 is 48.2 Å². The molecule has 2 unspecified atom stereocenters. The molecule has 2 N–H and O–H groups in total. The van der Waals surface area contributed by atoms with Crippen molar-refractivity contribution in [3.63, 3.8) is 0 Å². The standard InChI is InChI=1S/C34H32BrFN6O4S/c1-2-30(37-14-16-47(43,44)32-9-3-4-13-38-32)34(12-6-15-46-34)31-19-26-28(20-39-31)40-22-41-33(26)42-25-10-11-29(27(35)18-25)45-21-23-7-5-8-24(36)17-23/h3-11,13,15,17-20,22,30,37H,2,12,14,16,21H2,1H3,(H,40,41,42). The second-order valence-electron chi connectivity index (χ2n) is 11.0. The lowest BCUT2D eigenvalue weighted by molar-refractivity contribution is -0.00222. The fourth-order valence-corrected chi connectivity index (χ4v) is 7.16. The van der Waals surface area contributed by atoms with Gasteiger partial charge < -0.3 is 20.1 Å². The summed E-state index contributed by atoms with van der Waals surface area (Å²) in [5.41, 5.74) is 1.93. The molecular formula is C34H32BrFN6O4S. The summed E-state index contributed by atoms with van der Waals surface area (Å²) in [7, 11) is -3.56. The van der Waals surface area contributed by atoms with Gasteiger partial charge in [-0.25, -0.2) is 27.8 Å². The Hall–Kier alpha value is -4.46. The number of hydrogen-bond acceptors (Lipinski definition) is 10. The molecule has 1 aliphatic rings. The molecule has 0 radical (unpaired) electrons. The lowest BCUT2D eigenvalue weighted by Gasteiger charge is -2.36. The fraction of sp³-hybridized carbons (Fsp3) is 0.235. The molecular weight excluding hydrogens is 687 g/mol. The largest absolute Gasteiger partial charge is 0.488 e. The summed E-state index contributed by atoms with van der Waals surface area (Å²) in [5.74, 6) is 0.761. The van der Waals surface area contributed by atoms with Crippen LogP contribution in [-0.2, 0) is 26.8 Å². The fourth-order valence-electron chi connectivity index (χ4n) is 5.56. The zero-order chi connectivity index (χ0) is 32.9. The maximum atomic E-state index is 13.6. The molecule has 0 spiro atoms. The van der Waals surface area contributed by atoms with E-state index >= 15 is 0 Å². The second kappa shape index (κ2) is 14.1. The lowest BCUT2D eigenvalue weighted by Crippen LogP contribution is -2.49. The van der Waals surface area contributed by atoms with Gasteiger partial charge >= 0.3 is 0 Å². The minimum absolute atomic E-state index is 0.0534. The molecule has 4 heterocycles. The summed E-state index contributed by atoms with van der Waals surface area (Å²) in [6, 6.07) is 18.4. The van der Waals surface area contributed by atoms with Crippen molar-refractivity contribution in [2.75, 3.05) is 17.6 Å². The summed E-state index contributed by atoms with van der Waals surface area (Å²) in [4.78, 5) is 17.7. The van der Waals surface area contributed by atoms with Crippen LogP contribution >= 0.6 is 15.9 Å². The van der Waals surface area contributed by atoms with Gasteiger partial charge in [-0.1, -0.05) is 25.1 Å². The average Bonchev–Trinajstić information content (AvgIpc) is 3.58. The number of benzene rings is 2. The summed E-state index contributed by atoms with van der Waals surface area (Å²) >= 11 is 3.58. The Morgan fingerprint density at radius 1 is 1.06 bits per heavy atom. The van der Waals surface area contributed by atoms with Gasteiger partial charge in [0.15, 0.2) is 20.5 Å². The van der Waals surface area contributed by atoms with Gasteiger partial charge in [0.25, 0.3) is 0 Å². The van der Waals surface area contributed by atoms with E-state index in [0.29, 0.717) is 40.1 Å². The van der Waals surface area contributed by atoms with Gasteiger partial charge in [-0.15, -0.1) is 0 Å². The topological polar surface area (TPSA) is 128 Å². The monoisotopic (exact) mass is 718 g/mol. The van der Waals surface area contributed by atoms with Crippen molar-refractivity contribution in [2.45, 2.75) is 43.0 Å². The van der Waals surface area contributed by atoms with Crippen molar-refractivity contribution in [2.24, 2.45) is 0 Å². The minimum Gasteiger partial charge on any atom is -0.488 e. The van der Waals surface area contributed by atoms with Crippen LogP contribution in [0.25, 0.3) is 10.9 Å². The molecule has 0 saturated heterocycles. The van der Waals surface area contributed by atoms with E-state index < -0.39 is 15.4 Å². The molecule has 5 aromatic rings. The van der Waals surface area contributed by atoms with Gasteiger partial charge in [-0.3, -0.25) is 4.98 Å². The SMILES string of the molecule is CCC(NCCS(=O)(=O)c1ccccn1)C1(c2cc3c(Nc4ccc(OCc5cccc(F)c5)c(Br)c4)ncnc3cn2)CC=CO1. The van der Waals surface area contributed by atoms with Crippen LogP contribution in [-0.4, -0.2) is 46.7 Å². The molecule has 2 aromatic carbocycles. The Kier molecular flexibility index (Phi) is 9.76. The molecule has 2 atom stereocenters. The number of pyridine rings is 2. The zero-order valence-electron chi connectivity index (χ0n) is 25.4. The zero-order valence-corrected chi connectivity index (χ0v) is 27.8. The maximum absolute atomic E-state index is 13.6.